The van der Waals surface area contributed by atoms with Crippen molar-refractivity contribution in [3.8, 4) is 11.5 Å². The van der Waals surface area contributed by atoms with Crippen molar-refractivity contribution in [3.63, 3.8) is 0 Å². The fraction of sp³-hybridized carbons (Fsp3) is 0.529. The molecule has 0 spiro atoms. The number of nitrogens with one attached hydrogen (secondary N) is 2. The Morgan fingerprint density at radius 2 is 1.68 bits per heavy atom. The van der Waals surface area contributed by atoms with Gasteiger partial charge in [-0.2, -0.15) is 0 Å². The van der Waals surface area contributed by atoms with E-state index < -0.39 is 5.41 Å². The minimum atomic E-state index is -0.597. The Morgan fingerprint density at radius 3 is 2.16 bits per heavy atom. The molecule has 0 bridgehead atoms. The number of methoxy groups -OCH3 is 2. The zero-order valence-electron chi connectivity index (χ0n) is 15.4. The van der Waals surface area contributed by atoms with E-state index in [2.05, 4.69) is 10.6 Å². The van der Waals surface area contributed by atoms with E-state index in [4.69, 9.17) is 15.2 Å². The van der Waals surface area contributed by atoms with Crippen molar-refractivity contribution in [1.29, 1.82) is 0 Å². The van der Waals surface area contributed by atoms with Gasteiger partial charge in [0.15, 0.2) is 11.5 Å². The van der Waals surface area contributed by atoms with Gasteiger partial charge in [0, 0.05) is 18.0 Å². The second-order valence-corrected chi connectivity index (χ2v) is 6.36. The van der Waals surface area contributed by atoms with Crippen LogP contribution in [0.5, 0.6) is 11.5 Å². The second-order valence-electron chi connectivity index (χ2n) is 6.36. The summed E-state index contributed by atoms with van der Waals surface area (Å²) in [6.45, 7) is 6.33. The third-order valence-electron chi connectivity index (χ3n) is 3.36. The molecule has 0 aliphatic carbocycles. The van der Waals surface area contributed by atoms with Crippen molar-refractivity contribution in [2.45, 2.75) is 27.2 Å². The van der Waals surface area contributed by atoms with Crippen molar-refractivity contribution in [3.05, 3.63) is 17.7 Å². The smallest absolute Gasteiger partial charge is 0.253 e. The van der Waals surface area contributed by atoms with Gasteiger partial charge in [-0.1, -0.05) is 20.8 Å². The Kier molecular flexibility index (Phi) is 9.30. The molecule has 142 valence electrons. The third-order valence-corrected chi connectivity index (χ3v) is 3.36. The number of carbonyl (C=O) groups excluding carboxylic acids is 2. The lowest BCUT2D eigenvalue weighted by Crippen LogP contribution is -2.30. The molecule has 25 heavy (non-hydrogen) atoms. The second kappa shape index (κ2) is 10.1. The number of rotatable bonds is 7. The molecule has 0 heterocycles. The molecule has 0 aromatic heterocycles. The summed E-state index contributed by atoms with van der Waals surface area (Å²) in [5.41, 5.74) is 5.52. The van der Waals surface area contributed by atoms with E-state index in [1.165, 1.54) is 14.2 Å². The molecule has 4 N–H and O–H groups in total. The van der Waals surface area contributed by atoms with Gasteiger partial charge in [0.25, 0.3) is 5.91 Å². The highest BCUT2D eigenvalue weighted by atomic mass is 35.5. The quantitative estimate of drug-likeness (QED) is 0.636. The highest BCUT2D eigenvalue weighted by Crippen LogP contribution is 2.34. The molecule has 1 aromatic rings. The van der Waals surface area contributed by atoms with Crippen LogP contribution in [-0.4, -0.2) is 39.1 Å². The van der Waals surface area contributed by atoms with Gasteiger partial charge in [0.1, 0.15) is 0 Å². The summed E-state index contributed by atoms with van der Waals surface area (Å²) < 4.78 is 10.5. The van der Waals surface area contributed by atoms with Gasteiger partial charge in [-0.15, -0.1) is 12.4 Å². The molecule has 7 nitrogen and oxygen atoms in total. The minimum absolute atomic E-state index is 0. The van der Waals surface area contributed by atoms with Gasteiger partial charge >= 0.3 is 0 Å². The summed E-state index contributed by atoms with van der Waals surface area (Å²) >= 11 is 0. The van der Waals surface area contributed by atoms with Crippen LogP contribution < -0.4 is 25.8 Å². The first-order valence-electron chi connectivity index (χ1n) is 7.80. The first-order chi connectivity index (χ1) is 11.2. The summed E-state index contributed by atoms with van der Waals surface area (Å²) in [7, 11) is 2.98. The Balaban J connectivity index is 0.00000576. The number of benzene rings is 1. The van der Waals surface area contributed by atoms with E-state index in [9.17, 15) is 9.59 Å². The zero-order chi connectivity index (χ0) is 18.3. The van der Waals surface area contributed by atoms with Gasteiger partial charge < -0.3 is 25.8 Å². The molecule has 0 atom stereocenters. The highest BCUT2D eigenvalue weighted by molar-refractivity contribution is 6.05. The normalized spacial score (nSPS) is 10.5. The Bertz CT molecular complexity index is 600. The maximum absolute atomic E-state index is 12.4. The van der Waals surface area contributed by atoms with Crippen molar-refractivity contribution in [2.24, 2.45) is 11.1 Å². The average molecular weight is 374 g/mol. The number of nitrogens with two attached hydrogens (primary N) is 1. The Labute approximate surface area is 155 Å². The summed E-state index contributed by atoms with van der Waals surface area (Å²) in [5, 5.41) is 5.56. The van der Waals surface area contributed by atoms with Crippen LogP contribution in [0.4, 0.5) is 5.69 Å². The number of amides is 2. The Morgan fingerprint density at radius 1 is 1.12 bits per heavy atom. The van der Waals surface area contributed by atoms with E-state index in [1.54, 1.807) is 32.9 Å². The van der Waals surface area contributed by atoms with Crippen LogP contribution >= 0.6 is 12.4 Å². The van der Waals surface area contributed by atoms with Crippen LogP contribution in [0.25, 0.3) is 0 Å². The molecule has 0 aliphatic rings. The van der Waals surface area contributed by atoms with Gasteiger partial charge in [-0.3, -0.25) is 9.59 Å². The molecule has 2 amide bonds. The van der Waals surface area contributed by atoms with E-state index >= 15 is 0 Å². The summed E-state index contributed by atoms with van der Waals surface area (Å²) in [4.78, 5) is 24.7. The number of anilines is 1. The summed E-state index contributed by atoms with van der Waals surface area (Å²) in [6.07, 6.45) is 0.669. The molecule has 1 aromatic carbocycles. The fourth-order valence-electron chi connectivity index (χ4n) is 1.88. The first-order valence-corrected chi connectivity index (χ1v) is 7.80. The SMILES string of the molecule is COc1cc(NC(=O)C(C)(C)C)c(C(=O)NCCCN)cc1OC.Cl. The third kappa shape index (κ3) is 6.43. The standard InChI is InChI=1S/C17H27N3O4.ClH/c1-17(2,3)16(22)20-12-10-14(24-5)13(23-4)9-11(12)15(21)19-8-6-7-18;/h9-10H,6-8,18H2,1-5H3,(H,19,21)(H,20,22);1H. The van der Waals surface area contributed by atoms with E-state index in [-0.39, 0.29) is 24.2 Å². The number of hydrogen-bond donors (Lipinski definition) is 3. The van der Waals surface area contributed by atoms with Crippen LogP contribution in [0.15, 0.2) is 12.1 Å². The fourth-order valence-corrected chi connectivity index (χ4v) is 1.88. The van der Waals surface area contributed by atoms with Crippen molar-refractivity contribution in [1.82, 2.24) is 5.32 Å². The van der Waals surface area contributed by atoms with Crippen LogP contribution in [0.3, 0.4) is 0 Å². The zero-order valence-corrected chi connectivity index (χ0v) is 16.2. The summed E-state index contributed by atoms with van der Waals surface area (Å²) in [5.74, 6) is 0.329. The lowest BCUT2D eigenvalue weighted by molar-refractivity contribution is -0.123. The van der Waals surface area contributed by atoms with Gasteiger partial charge in [0.05, 0.1) is 25.5 Å². The van der Waals surface area contributed by atoms with E-state index in [0.717, 1.165) is 0 Å². The number of hydrogen-bond acceptors (Lipinski definition) is 5. The highest BCUT2D eigenvalue weighted by Gasteiger charge is 2.24. The van der Waals surface area contributed by atoms with Gasteiger partial charge in [-0.05, 0) is 19.0 Å². The van der Waals surface area contributed by atoms with Crippen LogP contribution in [0.1, 0.15) is 37.6 Å². The van der Waals surface area contributed by atoms with Crippen molar-refractivity contribution in [2.75, 3.05) is 32.6 Å². The average Bonchev–Trinajstić information content (AvgIpc) is 2.53. The van der Waals surface area contributed by atoms with Gasteiger partial charge in [-0.25, -0.2) is 0 Å². The molecule has 8 heteroatoms. The largest absolute Gasteiger partial charge is 0.493 e. The molecule has 0 radical (unpaired) electrons. The molecule has 0 fully saturated rings. The van der Waals surface area contributed by atoms with E-state index in [0.29, 0.717) is 42.3 Å². The number of carbonyl (C=O) groups is 2. The minimum Gasteiger partial charge on any atom is -0.493 e. The summed E-state index contributed by atoms with van der Waals surface area (Å²) in [6, 6.07) is 3.13. The van der Waals surface area contributed by atoms with Crippen molar-refractivity contribution >= 4 is 29.9 Å². The molecule has 1 rings (SSSR count). The van der Waals surface area contributed by atoms with Crippen LogP contribution in [-0.2, 0) is 4.79 Å². The maximum atomic E-state index is 12.4. The Hall–Kier alpha value is -1.99. The molecule has 0 unspecified atom stereocenters. The molecule has 0 saturated carbocycles. The number of halogens is 1. The maximum Gasteiger partial charge on any atom is 0.253 e. The van der Waals surface area contributed by atoms with Crippen LogP contribution in [0.2, 0.25) is 0 Å². The lowest BCUT2D eigenvalue weighted by Gasteiger charge is -2.20. The van der Waals surface area contributed by atoms with Crippen molar-refractivity contribution < 1.29 is 19.1 Å². The first kappa shape index (κ1) is 23.0. The molecular weight excluding hydrogens is 346 g/mol. The number of ether oxygens (including phenoxy) is 2. The molecule has 0 saturated heterocycles. The topological polar surface area (TPSA) is 103 Å². The predicted octanol–water partition coefficient (Wildman–Crippen LogP) is 2.19. The van der Waals surface area contributed by atoms with Crippen LogP contribution in [0, 0.1) is 5.41 Å². The monoisotopic (exact) mass is 373 g/mol. The molecular formula is C17H28ClN3O4. The molecule has 0 aliphatic heterocycles. The van der Waals surface area contributed by atoms with E-state index in [1.807, 2.05) is 0 Å². The predicted molar refractivity (Wildman–Crippen MR) is 101 cm³/mol. The lowest BCUT2D eigenvalue weighted by atomic mass is 9.95. The van der Waals surface area contributed by atoms with Gasteiger partial charge in [0.2, 0.25) is 5.91 Å².